The monoisotopic (exact) mass is 357 g/mol. The molecule has 0 bridgehead atoms. The van der Waals surface area contributed by atoms with Gasteiger partial charge in [-0.2, -0.15) is 0 Å². The number of phenols is 1. The van der Waals surface area contributed by atoms with Gasteiger partial charge in [-0.3, -0.25) is 14.6 Å². The molecular formula is C18H19N3O5. The summed E-state index contributed by atoms with van der Waals surface area (Å²) in [4.78, 5) is 43.0. The van der Waals surface area contributed by atoms with Gasteiger partial charge in [0.2, 0.25) is 5.91 Å². The minimum atomic E-state index is -1.42. The maximum atomic E-state index is 12.9. The maximum Gasteiger partial charge on any atom is 0.340 e. The fourth-order valence-corrected chi connectivity index (χ4v) is 2.33. The van der Waals surface area contributed by atoms with Crippen LogP contribution in [-0.4, -0.2) is 63.4 Å². The highest BCUT2D eigenvalue weighted by Gasteiger charge is 2.26. The summed E-state index contributed by atoms with van der Waals surface area (Å²) in [7, 11) is 3.12. The number of benzene rings is 1. The van der Waals surface area contributed by atoms with E-state index in [1.807, 2.05) is 0 Å². The Bertz CT molecular complexity index is 821. The molecule has 0 aliphatic carbocycles. The molecule has 0 radical (unpaired) electrons. The molecule has 0 atom stereocenters. The number of hydrogen-bond acceptors (Lipinski definition) is 5. The summed E-state index contributed by atoms with van der Waals surface area (Å²) in [6.45, 7) is -0.170. The third-order valence-electron chi connectivity index (χ3n) is 3.70. The first kappa shape index (κ1) is 18.9. The molecule has 2 aromatic rings. The fraction of sp³-hybridized carbons (Fsp3) is 0.222. The number of carboxylic acid groups (broad SMARTS) is 1. The normalized spacial score (nSPS) is 10.2. The van der Waals surface area contributed by atoms with E-state index in [9.17, 15) is 24.6 Å². The van der Waals surface area contributed by atoms with Crippen LogP contribution in [0, 0.1) is 0 Å². The van der Waals surface area contributed by atoms with Crippen molar-refractivity contribution in [3.63, 3.8) is 0 Å². The number of carbonyl (C=O) groups excluding carboxylic acids is 2. The van der Waals surface area contributed by atoms with Crippen LogP contribution in [0.1, 0.15) is 26.3 Å². The SMILES string of the molecule is CN(C)C(=O)CN(Cc1cccnc1)C(=O)c1cccc(O)c1C(=O)O. The summed E-state index contributed by atoms with van der Waals surface area (Å²) in [5.74, 6) is -2.92. The molecule has 0 saturated carbocycles. The van der Waals surface area contributed by atoms with Crippen molar-refractivity contribution in [1.82, 2.24) is 14.8 Å². The lowest BCUT2D eigenvalue weighted by molar-refractivity contribution is -0.129. The highest BCUT2D eigenvalue weighted by molar-refractivity contribution is 6.07. The van der Waals surface area contributed by atoms with Crippen LogP contribution < -0.4 is 0 Å². The van der Waals surface area contributed by atoms with E-state index in [4.69, 9.17) is 0 Å². The zero-order valence-corrected chi connectivity index (χ0v) is 14.4. The molecule has 0 spiro atoms. The molecule has 2 N–H and O–H groups in total. The zero-order chi connectivity index (χ0) is 19.3. The van der Waals surface area contributed by atoms with E-state index in [1.165, 1.54) is 28.0 Å². The van der Waals surface area contributed by atoms with Crippen molar-refractivity contribution in [3.8, 4) is 5.75 Å². The number of carboxylic acids is 1. The smallest absolute Gasteiger partial charge is 0.340 e. The second-order valence-corrected chi connectivity index (χ2v) is 5.82. The first-order valence-electron chi connectivity index (χ1n) is 7.75. The highest BCUT2D eigenvalue weighted by Crippen LogP contribution is 2.23. The van der Waals surface area contributed by atoms with Crippen molar-refractivity contribution < 1.29 is 24.6 Å². The topological polar surface area (TPSA) is 111 Å². The number of amides is 2. The summed E-state index contributed by atoms with van der Waals surface area (Å²) in [5, 5.41) is 19.1. The molecular weight excluding hydrogens is 338 g/mol. The number of nitrogens with zero attached hydrogens (tertiary/aromatic N) is 3. The van der Waals surface area contributed by atoms with Gasteiger partial charge in [0, 0.05) is 33.0 Å². The van der Waals surface area contributed by atoms with Crippen LogP contribution in [0.3, 0.4) is 0 Å². The Balaban J connectivity index is 2.41. The molecule has 136 valence electrons. The lowest BCUT2D eigenvalue weighted by Gasteiger charge is -2.24. The molecule has 0 aliphatic heterocycles. The maximum absolute atomic E-state index is 12.9. The number of aromatic carboxylic acids is 1. The van der Waals surface area contributed by atoms with Gasteiger partial charge in [-0.1, -0.05) is 12.1 Å². The number of hydrogen-bond donors (Lipinski definition) is 2. The average molecular weight is 357 g/mol. The first-order valence-corrected chi connectivity index (χ1v) is 7.75. The average Bonchev–Trinajstić information content (AvgIpc) is 2.60. The molecule has 0 unspecified atom stereocenters. The van der Waals surface area contributed by atoms with E-state index in [2.05, 4.69) is 4.98 Å². The Labute approximate surface area is 150 Å². The molecule has 1 heterocycles. The number of carbonyl (C=O) groups is 3. The molecule has 2 rings (SSSR count). The molecule has 0 aliphatic rings. The van der Waals surface area contributed by atoms with Crippen molar-refractivity contribution in [1.29, 1.82) is 0 Å². The highest BCUT2D eigenvalue weighted by atomic mass is 16.4. The van der Waals surface area contributed by atoms with Gasteiger partial charge in [-0.05, 0) is 23.8 Å². The van der Waals surface area contributed by atoms with E-state index in [-0.39, 0.29) is 24.6 Å². The number of likely N-dealkylation sites (N-methyl/N-ethyl adjacent to an activating group) is 1. The summed E-state index contributed by atoms with van der Waals surface area (Å²) in [6.07, 6.45) is 3.14. The number of pyridine rings is 1. The second kappa shape index (κ2) is 8.11. The Kier molecular flexibility index (Phi) is 5.90. The Morgan fingerprint density at radius 3 is 2.42 bits per heavy atom. The first-order chi connectivity index (χ1) is 12.3. The molecule has 8 nitrogen and oxygen atoms in total. The third-order valence-corrected chi connectivity index (χ3v) is 3.70. The molecule has 26 heavy (non-hydrogen) atoms. The largest absolute Gasteiger partial charge is 0.507 e. The summed E-state index contributed by atoms with van der Waals surface area (Å²) in [6, 6.07) is 7.32. The van der Waals surface area contributed by atoms with Gasteiger partial charge in [0.05, 0.1) is 5.56 Å². The zero-order valence-electron chi connectivity index (χ0n) is 14.4. The van der Waals surface area contributed by atoms with Gasteiger partial charge in [0.15, 0.2) is 0 Å². The predicted octanol–water partition coefficient (Wildman–Crippen LogP) is 1.22. The fourth-order valence-electron chi connectivity index (χ4n) is 2.33. The van der Waals surface area contributed by atoms with Crippen molar-refractivity contribution >= 4 is 17.8 Å². The quantitative estimate of drug-likeness (QED) is 0.804. The van der Waals surface area contributed by atoms with Gasteiger partial charge >= 0.3 is 5.97 Å². The lowest BCUT2D eigenvalue weighted by atomic mass is 10.0. The van der Waals surface area contributed by atoms with Crippen LogP contribution in [0.15, 0.2) is 42.7 Å². The van der Waals surface area contributed by atoms with Crippen LogP contribution in [0.4, 0.5) is 0 Å². The van der Waals surface area contributed by atoms with Crippen molar-refractivity contribution in [2.45, 2.75) is 6.54 Å². The van der Waals surface area contributed by atoms with Crippen molar-refractivity contribution in [2.75, 3.05) is 20.6 Å². The summed E-state index contributed by atoms with van der Waals surface area (Å²) < 4.78 is 0. The lowest BCUT2D eigenvalue weighted by Crippen LogP contribution is -2.40. The molecule has 0 saturated heterocycles. The van der Waals surface area contributed by atoms with Crippen molar-refractivity contribution in [3.05, 3.63) is 59.4 Å². The minimum absolute atomic E-state index is 0.0704. The van der Waals surface area contributed by atoms with Crippen LogP contribution in [0.2, 0.25) is 0 Å². The summed E-state index contributed by atoms with van der Waals surface area (Å²) in [5.41, 5.74) is 0.00312. The van der Waals surface area contributed by atoms with E-state index in [0.717, 1.165) is 0 Å². The molecule has 0 fully saturated rings. The Hall–Kier alpha value is -3.42. The number of rotatable bonds is 6. The van der Waals surface area contributed by atoms with E-state index < -0.39 is 23.2 Å². The van der Waals surface area contributed by atoms with Crippen LogP contribution in [0.5, 0.6) is 5.75 Å². The Morgan fingerprint density at radius 2 is 1.85 bits per heavy atom. The summed E-state index contributed by atoms with van der Waals surface area (Å²) >= 11 is 0. The number of aromatic hydroxyl groups is 1. The van der Waals surface area contributed by atoms with Crippen LogP contribution >= 0.6 is 0 Å². The number of aromatic nitrogens is 1. The third kappa shape index (κ3) is 4.35. The molecule has 1 aromatic carbocycles. The minimum Gasteiger partial charge on any atom is -0.507 e. The van der Waals surface area contributed by atoms with Crippen LogP contribution in [0.25, 0.3) is 0 Å². The van der Waals surface area contributed by atoms with Crippen LogP contribution in [-0.2, 0) is 11.3 Å². The molecule has 1 aromatic heterocycles. The molecule has 8 heteroatoms. The van der Waals surface area contributed by atoms with E-state index in [1.54, 1.807) is 38.6 Å². The van der Waals surface area contributed by atoms with Gasteiger partial charge < -0.3 is 20.0 Å². The van der Waals surface area contributed by atoms with Gasteiger partial charge in [0.1, 0.15) is 17.9 Å². The van der Waals surface area contributed by atoms with E-state index >= 15 is 0 Å². The van der Waals surface area contributed by atoms with Gasteiger partial charge in [0.25, 0.3) is 5.91 Å². The standard InChI is InChI=1S/C18H19N3O5/c1-20(2)15(23)11-21(10-12-5-4-8-19-9-12)17(24)13-6-3-7-14(22)16(13)18(25)26/h3-9,22H,10-11H2,1-2H3,(H,25,26). The second-order valence-electron chi connectivity index (χ2n) is 5.82. The van der Waals surface area contributed by atoms with E-state index in [0.29, 0.717) is 5.56 Å². The van der Waals surface area contributed by atoms with Crippen molar-refractivity contribution in [2.24, 2.45) is 0 Å². The molecule has 2 amide bonds. The van der Waals surface area contributed by atoms with Gasteiger partial charge in [-0.15, -0.1) is 0 Å². The van der Waals surface area contributed by atoms with Gasteiger partial charge in [-0.25, -0.2) is 4.79 Å². The predicted molar refractivity (Wildman–Crippen MR) is 92.7 cm³/mol. The Morgan fingerprint density at radius 1 is 1.12 bits per heavy atom.